The maximum absolute atomic E-state index is 10.8. The second kappa shape index (κ2) is 3.76. The fraction of sp³-hybridized carbons (Fsp3) is 0.562. The van der Waals surface area contributed by atoms with Gasteiger partial charge in [-0.2, -0.15) is 0 Å². The summed E-state index contributed by atoms with van der Waals surface area (Å²) in [6, 6.07) is 8.34. The zero-order valence-electron chi connectivity index (χ0n) is 11.4. The number of likely N-dealkylation sites (tertiary alicyclic amines) is 1. The fourth-order valence-electron chi connectivity index (χ4n) is 4.01. The Kier molecular flexibility index (Phi) is 2.29. The van der Waals surface area contributed by atoms with Crippen LogP contribution in [-0.2, 0) is 5.60 Å². The lowest BCUT2D eigenvalue weighted by atomic mass is 9.53. The Morgan fingerprint density at radius 3 is 2.55 bits per heavy atom. The van der Waals surface area contributed by atoms with E-state index in [9.17, 15) is 9.90 Å². The third-order valence-electron chi connectivity index (χ3n) is 5.13. The zero-order chi connectivity index (χ0) is 14.0. The molecule has 0 bridgehead atoms. The Morgan fingerprint density at radius 1 is 1.25 bits per heavy atom. The number of carbonyl (C=O) groups is 1. The van der Waals surface area contributed by atoms with E-state index in [-0.39, 0.29) is 5.41 Å². The number of nitrogens with zero attached hydrogens (tertiary/aromatic N) is 1. The molecule has 2 N–H and O–H groups in total. The molecule has 4 nitrogen and oxygen atoms in total. The summed E-state index contributed by atoms with van der Waals surface area (Å²) in [5, 5.41) is 19.7. The molecule has 1 spiro atoms. The Bertz CT molecular complexity index is 565. The van der Waals surface area contributed by atoms with Crippen molar-refractivity contribution in [1.82, 2.24) is 4.90 Å². The SMILES string of the molecule is O=C(O)N1CC2(C1)CC(O)(c1cccc(C3CC3)c1)C2. The van der Waals surface area contributed by atoms with Gasteiger partial charge in [0.05, 0.1) is 5.60 Å². The molecule has 2 aliphatic carbocycles. The van der Waals surface area contributed by atoms with Crippen LogP contribution in [0.15, 0.2) is 24.3 Å². The highest BCUT2D eigenvalue weighted by Gasteiger charge is 2.61. The van der Waals surface area contributed by atoms with Crippen molar-refractivity contribution >= 4 is 6.09 Å². The van der Waals surface area contributed by atoms with Crippen molar-refractivity contribution in [2.24, 2.45) is 5.41 Å². The average molecular weight is 273 g/mol. The monoisotopic (exact) mass is 273 g/mol. The van der Waals surface area contributed by atoms with E-state index in [2.05, 4.69) is 12.1 Å². The first-order chi connectivity index (χ1) is 9.50. The highest BCUT2D eigenvalue weighted by atomic mass is 16.4. The van der Waals surface area contributed by atoms with Crippen molar-refractivity contribution < 1.29 is 15.0 Å². The molecule has 3 aliphatic rings. The predicted molar refractivity (Wildman–Crippen MR) is 73.6 cm³/mol. The maximum atomic E-state index is 10.8. The summed E-state index contributed by atoms with van der Waals surface area (Å²) >= 11 is 0. The summed E-state index contributed by atoms with van der Waals surface area (Å²) in [7, 11) is 0. The first kappa shape index (κ1) is 12.2. The van der Waals surface area contributed by atoms with Crippen LogP contribution in [0, 0.1) is 5.41 Å². The molecule has 1 aliphatic heterocycles. The van der Waals surface area contributed by atoms with Crippen LogP contribution >= 0.6 is 0 Å². The van der Waals surface area contributed by atoms with Gasteiger partial charge in [0, 0.05) is 18.5 Å². The highest BCUT2D eigenvalue weighted by Crippen LogP contribution is 2.58. The zero-order valence-corrected chi connectivity index (χ0v) is 11.4. The molecule has 1 heterocycles. The van der Waals surface area contributed by atoms with Crippen LogP contribution in [0.1, 0.15) is 42.7 Å². The lowest BCUT2D eigenvalue weighted by molar-refractivity contribution is -0.187. The van der Waals surface area contributed by atoms with E-state index in [0.717, 1.165) is 5.56 Å². The molecule has 1 aromatic rings. The van der Waals surface area contributed by atoms with E-state index in [1.807, 2.05) is 12.1 Å². The number of carboxylic acid groups (broad SMARTS) is 1. The van der Waals surface area contributed by atoms with Gasteiger partial charge in [-0.3, -0.25) is 0 Å². The number of hydrogen-bond acceptors (Lipinski definition) is 2. The third-order valence-corrected chi connectivity index (χ3v) is 5.13. The molecule has 4 heteroatoms. The van der Waals surface area contributed by atoms with E-state index in [4.69, 9.17) is 5.11 Å². The minimum absolute atomic E-state index is 0.0305. The van der Waals surface area contributed by atoms with Crippen LogP contribution in [0.2, 0.25) is 0 Å². The first-order valence-corrected chi connectivity index (χ1v) is 7.31. The van der Waals surface area contributed by atoms with Crippen LogP contribution in [0.25, 0.3) is 0 Å². The van der Waals surface area contributed by atoms with Gasteiger partial charge in [0.25, 0.3) is 0 Å². The molecule has 4 rings (SSSR count). The summed E-state index contributed by atoms with van der Waals surface area (Å²) in [6.45, 7) is 1.15. The average Bonchev–Trinajstić information content (AvgIpc) is 3.16. The predicted octanol–water partition coefficient (Wildman–Crippen LogP) is 2.53. The van der Waals surface area contributed by atoms with Crippen LogP contribution in [0.4, 0.5) is 4.79 Å². The molecule has 1 aromatic carbocycles. The van der Waals surface area contributed by atoms with Gasteiger partial charge >= 0.3 is 6.09 Å². The standard InChI is InChI=1S/C16H19NO3/c18-14(19)17-9-15(10-17)7-16(20,8-15)13-3-1-2-12(6-13)11-4-5-11/h1-3,6,11,20H,4-5,7-10H2,(H,18,19). The quantitative estimate of drug-likeness (QED) is 0.870. The van der Waals surface area contributed by atoms with Crippen molar-refractivity contribution in [2.75, 3.05) is 13.1 Å². The number of benzene rings is 1. The van der Waals surface area contributed by atoms with Crippen molar-refractivity contribution in [3.8, 4) is 0 Å². The molecule has 0 radical (unpaired) electrons. The number of aliphatic hydroxyl groups is 1. The second-order valence-electron chi connectivity index (χ2n) is 6.92. The Labute approximate surface area is 118 Å². The van der Waals surface area contributed by atoms with Crippen LogP contribution in [-0.4, -0.2) is 34.3 Å². The fourth-order valence-corrected chi connectivity index (χ4v) is 4.01. The molecule has 3 fully saturated rings. The molecule has 0 atom stereocenters. The maximum Gasteiger partial charge on any atom is 0.407 e. The summed E-state index contributed by atoms with van der Waals surface area (Å²) in [5.74, 6) is 0.693. The van der Waals surface area contributed by atoms with E-state index >= 15 is 0 Å². The third kappa shape index (κ3) is 1.74. The van der Waals surface area contributed by atoms with E-state index in [1.54, 1.807) is 0 Å². The van der Waals surface area contributed by atoms with Gasteiger partial charge in [0.1, 0.15) is 0 Å². The Balaban J connectivity index is 1.48. The Morgan fingerprint density at radius 2 is 1.95 bits per heavy atom. The summed E-state index contributed by atoms with van der Waals surface area (Å²) in [6.07, 6.45) is 3.07. The van der Waals surface area contributed by atoms with Gasteiger partial charge in [-0.1, -0.05) is 24.3 Å². The van der Waals surface area contributed by atoms with Gasteiger partial charge in [-0.05, 0) is 42.7 Å². The molecule has 1 saturated heterocycles. The summed E-state index contributed by atoms with van der Waals surface area (Å²) < 4.78 is 0. The topological polar surface area (TPSA) is 60.8 Å². The van der Waals surface area contributed by atoms with Gasteiger partial charge < -0.3 is 15.1 Å². The molecular formula is C16H19NO3. The molecule has 0 unspecified atom stereocenters. The van der Waals surface area contributed by atoms with Gasteiger partial charge in [0.2, 0.25) is 0 Å². The van der Waals surface area contributed by atoms with Gasteiger partial charge in [-0.15, -0.1) is 0 Å². The molecular weight excluding hydrogens is 254 g/mol. The summed E-state index contributed by atoms with van der Waals surface area (Å²) in [5.41, 5.74) is 1.65. The Hall–Kier alpha value is -1.55. The van der Waals surface area contributed by atoms with Crippen molar-refractivity contribution in [3.63, 3.8) is 0 Å². The minimum Gasteiger partial charge on any atom is -0.465 e. The smallest absolute Gasteiger partial charge is 0.407 e. The molecule has 0 aromatic heterocycles. The normalized spacial score (nSPS) is 25.9. The molecule has 2 saturated carbocycles. The van der Waals surface area contributed by atoms with Gasteiger partial charge in [0.15, 0.2) is 0 Å². The van der Waals surface area contributed by atoms with Crippen LogP contribution in [0.3, 0.4) is 0 Å². The van der Waals surface area contributed by atoms with Crippen LogP contribution < -0.4 is 0 Å². The van der Waals surface area contributed by atoms with E-state index < -0.39 is 11.7 Å². The minimum atomic E-state index is -0.846. The van der Waals surface area contributed by atoms with E-state index in [0.29, 0.717) is 31.8 Å². The van der Waals surface area contributed by atoms with Crippen LogP contribution in [0.5, 0.6) is 0 Å². The molecule has 106 valence electrons. The lowest BCUT2D eigenvalue weighted by Gasteiger charge is -2.61. The number of hydrogen-bond donors (Lipinski definition) is 2. The second-order valence-corrected chi connectivity index (χ2v) is 6.92. The van der Waals surface area contributed by atoms with Crippen molar-refractivity contribution in [2.45, 2.75) is 37.2 Å². The number of rotatable bonds is 2. The van der Waals surface area contributed by atoms with E-state index in [1.165, 1.54) is 23.3 Å². The summed E-state index contributed by atoms with van der Waals surface area (Å²) in [4.78, 5) is 12.3. The number of amides is 1. The molecule has 20 heavy (non-hydrogen) atoms. The van der Waals surface area contributed by atoms with Gasteiger partial charge in [-0.25, -0.2) is 4.79 Å². The lowest BCUT2D eigenvalue weighted by Crippen LogP contribution is -2.67. The highest BCUT2D eigenvalue weighted by molar-refractivity contribution is 5.66. The largest absolute Gasteiger partial charge is 0.465 e. The van der Waals surface area contributed by atoms with Crippen molar-refractivity contribution in [1.29, 1.82) is 0 Å². The first-order valence-electron chi connectivity index (χ1n) is 7.31. The van der Waals surface area contributed by atoms with Crippen molar-refractivity contribution in [3.05, 3.63) is 35.4 Å². The molecule has 1 amide bonds.